The van der Waals surface area contributed by atoms with Gasteiger partial charge >= 0.3 is 5.97 Å². The molecule has 0 aromatic heterocycles. The van der Waals surface area contributed by atoms with Gasteiger partial charge in [-0.3, -0.25) is 9.59 Å². The highest BCUT2D eigenvalue weighted by Crippen LogP contribution is 2.30. The van der Waals surface area contributed by atoms with Crippen LogP contribution in [0.4, 0.5) is 5.69 Å². The molecule has 3 rings (SSSR count). The van der Waals surface area contributed by atoms with Gasteiger partial charge in [0.2, 0.25) is 0 Å². The second-order valence-corrected chi connectivity index (χ2v) is 6.66. The number of carbonyl (C=O) groups excluding carboxylic acids is 2. The molecule has 25 heavy (non-hydrogen) atoms. The number of aliphatic imine (C=N–C) groups is 1. The fourth-order valence-electron chi connectivity index (χ4n) is 2.42. The molecule has 0 bridgehead atoms. The summed E-state index contributed by atoms with van der Waals surface area (Å²) < 4.78 is 6.02. The first-order chi connectivity index (χ1) is 12.0. The SMILES string of the molecule is CCC(=O)O[C@@H]1N=C(c2ccccc2Cl)c2cc(Br)ccc2NC1=O. The van der Waals surface area contributed by atoms with Gasteiger partial charge in [0.15, 0.2) is 0 Å². The second-order valence-electron chi connectivity index (χ2n) is 5.33. The normalized spacial score (nSPS) is 16.4. The predicted molar refractivity (Wildman–Crippen MR) is 100 cm³/mol. The molecule has 0 unspecified atom stereocenters. The molecule has 128 valence electrons. The molecule has 1 N–H and O–H groups in total. The minimum absolute atomic E-state index is 0.152. The van der Waals surface area contributed by atoms with Crippen molar-refractivity contribution in [2.75, 3.05) is 5.32 Å². The van der Waals surface area contributed by atoms with E-state index in [0.29, 0.717) is 27.5 Å². The Kier molecular flexibility index (Phi) is 5.20. The van der Waals surface area contributed by atoms with Crippen LogP contribution in [0.5, 0.6) is 0 Å². The fourth-order valence-corrected chi connectivity index (χ4v) is 3.00. The zero-order chi connectivity index (χ0) is 18.0. The lowest BCUT2D eigenvalue weighted by Gasteiger charge is -2.12. The summed E-state index contributed by atoms with van der Waals surface area (Å²) in [5.41, 5.74) is 2.39. The molecular weight excluding hydrogens is 408 g/mol. The highest BCUT2D eigenvalue weighted by atomic mass is 79.9. The van der Waals surface area contributed by atoms with E-state index >= 15 is 0 Å². The Morgan fingerprint density at radius 3 is 2.76 bits per heavy atom. The van der Waals surface area contributed by atoms with E-state index in [9.17, 15) is 9.59 Å². The summed E-state index contributed by atoms with van der Waals surface area (Å²) in [6.07, 6.45) is -1.12. The van der Waals surface area contributed by atoms with Crippen molar-refractivity contribution in [2.45, 2.75) is 19.6 Å². The third-order valence-electron chi connectivity index (χ3n) is 3.63. The maximum Gasteiger partial charge on any atom is 0.307 e. The van der Waals surface area contributed by atoms with Crippen LogP contribution >= 0.6 is 27.5 Å². The minimum Gasteiger partial charge on any atom is -0.430 e. The molecule has 0 fully saturated rings. The van der Waals surface area contributed by atoms with Gasteiger partial charge in [-0.05, 0) is 24.3 Å². The van der Waals surface area contributed by atoms with Crippen LogP contribution in [-0.4, -0.2) is 23.8 Å². The molecule has 0 aliphatic carbocycles. The number of rotatable bonds is 3. The predicted octanol–water partition coefficient (Wildman–Crippen LogP) is 4.17. The molecule has 0 radical (unpaired) electrons. The first-order valence-corrected chi connectivity index (χ1v) is 8.79. The quantitative estimate of drug-likeness (QED) is 0.756. The van der Waals surface area contributed by atoms with E-state index in [1.807, 2.05) is 24.3 Å². The first kappa shape index (κ1) is 17.6. The summed E-state index contributed by atoms with van der Waals surface area (Å²) in [6, 6.07) is 12.6. The number of nitrogens with one attached hydrogen (secondary N) is 1. The largest absolute Gasteiger partial charge is 0.430 e. The summed E-state index contributed by atoms with van der Waals surface area (Å²) >= 11 is 9.76. The standard InChI is InChI=1S/C18H14BrClN2O3/c1-2-15(23)25-18-17(24)21-14-8-7-10(19)9-12(14)16(22-18)11-5-3-4-6-13(11)20/h3-9,18H,2H2,1H3,(H,21,24)/t18-/m0/s1. The Labute approximate surface area is 158 Å². The smallest absolute Gasteiger partial charge is 0.307 e. The maximum atomic E-state index is 12.4. The van der Waals surface area contributed by atoms with Crippen molar-refractivity contribution >= 4 is 50.8 Å². The summed E-state index contributed by atoms with van der Waals surface area (Å²) in [7, 11) is 0. The van der Waals surface area contributed by atoms with Gasteiger partial charge in [0.25, 0.3) is 12.1 Å². The average Bonchev–Trinajstić information content (AvgIpc) is 2.72. The van der Waals surface area contributed by atoms with Crippen molar-refractivity contribution in [3.05, 3.63) is 63.1 Å². The summed E-state index contributed by atoms with van der Waals surface area (Å²) in [6.45, 7) is 1.65. The lowest BCUT2D eigenvalue weighted by molar-refractivity contribution is -0.153. The molecule has 5 nitrogen and oxygen atoms in total. The van der Waals surface area contributed by atoms with Crippen LogP contribution in [0.1, 0.15) is 24.5 Å². The molecule has 1 amide bonds. The van der Waals surface area contributed by atoms with E-state index in [-0.39, 0.29) is 6.42 Å². The number of hydrogen-bond acceptors (Lipinski definition) is 4. The number of nitrogens with zero attached hydrogens (tertiary/aromatic N) is 1. The number of amides is 1. The number of halogens is 2. The summed E-state index contributed by atoms with van der Waals surface area (Å²) in [5, 5.41) is 3.24. The lowest BCUT2D eigenvalue weighted by atomic mass is 10.0. The molecule has 0 saturated carbocycles. The molecule has 2 aromatic carbocycles. The number of benzene rings is 2. The topological polar surface area (TPSA) is 67.8 Å². The van der Waals surface area contributed by atoms with E-state index in [1.54, 1.807) is 25.1 Å². The van der Waals surface area contributed by atoms with Crippen molar-refractivity contribution in [2.24, 2.45) is 4.99 Å². The highest BCUT2D eigenvalue weighted by molar-refractivity contribution is 9.10. The van der Waals surface area contributed by atoms with Crippen LogP contribution < -0.4 is 5.32 Å². The average molecular weight is 422 g/mol. The van der Waals surface area contributed by atoms with Gasteiger partial charge in [0.1, 0.15) is 0 Å². The Balaban J connectivity index is 2.19. The monoisotopic (exact) mass is 420 g/mol. The lowest BCUT2D eigenvalue weighted by Crippen LogP contribution is -2.30. The number of benzodiazepines with no additional fused rings is 1. The van der Waals surface area contributed by atoms with Gasteiger partial charge in [0, 0.05) is 27.0 Å². The zero-order valence-electron chi connectivity index (χ0n) is 13.3. The highest BCUT2D eigenvalue weighted by Gasteiger charge is 2.29. The van der Waals surface area contributed by atoms with Crippen molar-refractivity contribution in [3.8, 4) is 0 Å². The van der Waals surface area contributed by atoms with Crippen LogP contribution in [0.25, 0.3) is 0 Å². The van der Waals surface area contributed by atoms with Crippen molar-refractivity contribution < 1.29 is 14.3 Å². The molecule has 7 heteroatoms. The molecule has 0 saturated heterocycles. The maximum absolute atomic E-state index is 12.4. The van der Waals surface area contributed by atoms with E-state index in [2.05, 4.69) is 26.2 Å². The van der Waals surface area contributed by atoms with Gasteiger partial charge in [-0.2, -0.15) is 0 Å². The van der Waals surface area contributed by atoms with Gasteiger partial charge in [0.05, 0.1) is 11.4 Å². The van der Waals surface area contributed by atoms with Gasteiger partial charge in [-0.25, -0.2) is 4.99 Å². The van der Waals surface area contributed by atoms with Crippen LogP contribution in [-0.2, 0) is 14.3 Å². The van der Waals surface area contributed by atoms with E-state index in [4.69, 9.17) is 16.3 Å². The Morgan fingerprint density at radius 1 is 1.28 bits per heavy atom. The van der Waals surface area contributed by atoms with E-state index in [0.717, 1.165) is 4.47 Å². The number of ether oxygens (including phenoxy) is 1. The molecule has 1 atom stereocenters. The molecular formula is C18H14BrClN2O3. The van der Waals surface area contributed by atoms with Gasteiger partial charge < -0.3 is 10.1 Å². The first-order valence-electron chi connectivity index (χ1n) is 7.62. The number of esters is 1. The third-order valence-corrected chi connectivity index (χ3v) is 4.45. The van der Waals surface area contributed by atoms with Gasteiger partial charge in [-0.15, -0.1) is 0 Å². The molecule has 1 heterocycles. The van der Waals surface area contributed by atoms with Crippen LogP contribution in [0.3, 0.4) is 0 Å². The number of anilines is 1. The Morgan fingerprint density at radius 2 is 2.04 bits per heavy atom. The summed E-state index contributed by atoms with van der Waals surface area (Å²) in [4.78, 5) is 28.5. The Bertz CT molecular complexity index is 882. The van der Waals surface area contributed by atoms with Crippen molar-refractivity contribution in [1.82, 2.24) is 0 Å². The number of fused-ring (bicyclic) bond motifs is 1. The third kappa shape index (κ3) is 3.75. The van der Waals surface area contributed by atoms with Crippen LogP contribution in [0.2, 0.25) is 5.02 Å². The fraction of sp³-hybridized carbons (Fsp3) is 0.167. The van der Waals surface area contributed by atoms with E-state index in [1.165, 1.54) is 0 Å². The van der Waals surface area contributed by atoms with Crippen LogP contribution in [0, 0.1) is 0 Å². The molecule has 2 aromatic rings. The summed E-state index contributed by atoms with van der Waals surface area (Å²) in [5.74, 6) is -1.01. The second kappa shape index (κ2) is 7.37. The molecule has 1 aliphatic heterocycles. The molecule has 1 aliphatic rings. The Hall–Kier alpha value is -2.18. The number of carbonyl (C=O) groups is 2. The molecule has 0 spiro atoms. The van der Waals surface area contributed by atoms with Crippen LogP contribution in [0.15, 0.2) is 51.9 Å². The van der Waals surface area contributed by atoms with Crippen molar-refractivity contribution in [3.63, 3.8) is 0 Å². The van der Waals surface area contributed by atoms with E-state index < -0.39 is 18.1 Å². The zero-order valence-corrected chi connectivity index (χ0v) is 15.6. The number of hydrogen-bond donors (Lipinski definition) is 1. The van der Waals surface area contributed by atoms with Crippen molar-refractivity contribution in [1.29, 1.82) is 0 Å². The van der Waals surface area contributed by atoms with Gasteiger partial charge in [-0.1, -0.05) is 52.7 Å². The minimum atomic E-state index is -1.27.